The van der Waals surface area contributed by atoms with Gasteiger partial charge in [-0.15, -0.1) is 0 Å². The molecule has 2 atom stereocenters. The van der Waals surface area contributed by atoms with E-state index in [1.807, 2.05) is 0 Å². The minimum absolute atomic E-state index is 0.000190. The molecule has 7 N–H and O–H groups in total. The summed E-state index contributed by atoms with van der Waals surface area (Å²) < 4.78 is 5.30. The average Bonchev–Trinajstić information content (AvgIpc) is 3.22. The van der Waals surface area contributed by atoms with E-state index in [2.05, 4.69) is 31.9 Å². The zero-order valence-corrected chi connectivity index (χ0v) is 24.9. The van der Waals surface area contributed by atoms with Gasteiger partial charge in [-0.25, -0.2) is 0 Å². The number of aliphatic carboxylic acids is 1. The predicted octanol–water partition coefficient (Wildman–Crippen LogP) is -5.52. The van der Waals surface area contributed by atoms with Crippen LogP contribution < -0.4 is 31.9 Å². The summed E-state index contributed by atoms with van der Waals surface area (Å²) in [5.74, 6) is -6.21. The van der Waals surface area contributed by atoms with Crippen molar-refractivity contribution in [3.63, 3.8) is 0 Å². The molecule has 1 aliphatic heterocycles. The molecule has 0 spiro atoms. The molecule has 0 saturated carbocycles. The summed E-state index contributed by atoms with van der Waals surface area (Å²) in [7, 11) is 0. The Morgan fingerprint density at radius 2 is 1.44 bits per heavy atom. The van der Waals surface area contributed by atoms with Crippen LogP contribution in [0.3, 0.4) is 0 Å². The third kappa shape index (κ3) is 12.8. The van der Waals surface area contributed by atoms with Gasteiger partial charge < -0.3 is 10.4 Å². The molecule has 17 nitrogen and oxygen atoms in total. The first-order valence-corrected chi connectivity index (χ1v) is 14.3. The topological polar surface area (TPSA) is 241 Å². The molecule has 18 heteroatoms. The van der Waals surface area contributed by atoms with Crippen LogP contribution in [0.25, 0.3) is 0 Å². The zero-order chi connectivity index (χ0) is 29.4. The maximum atomic E-state index is 12.6. The average molecular weight is 748 g/mol. The van der Waals surface area contributed by atoms with Crippen molar-refractivity contribution in [1.29, 1.82) is 0 Å². The number of imide groups is 1. The number of ether oxygens (including phenoxy) is 1. The van der Waals surface area contributed by atoms with E-state index in [1.165, 1.54) is 0 Å². The van der Waals surface area contributed by atoms with Crippen LogP contribution in [-0.4, -0.2) is 141 Å². The van der Waals surface area contributed by atoms with Crippen LogP contribution in [0.1, 0.15) is 6.92 Å². The Bertz CT molecular complexity index is 972. The maximum absolute atomic E-state index is 12.6. The third-order valence-electron chi connectivity index (χ3n) is 4.80. The van der Waals surface area contributed by atoms with Crippen molar-refractivity contribution < 1.29 is 48.2 Å². The molecule has 0 aliphatic carbocycles. The second kappa shape index (κ2) is 17.9. The number of nitrogens with one attached hydrogen (secondary N) is 6. The molecule has 0 aromatic rings. The van der Waals surface area contributed by atoms with Crippen molar-refractivity contribution >= 4 is 73.1 Å². The molecular formula is C21H30N7O10Pb. The number of carboxylic acids is 1. The van der Waals surface area contributed by atoms with E-state index in [1.54, 1.807) is 6.92 Å². The summed E-state index contributed by atoms with van der Waals surface area (Å²) in [6.07, 6.45) is 1.91. The molecule has 2 unspecified atom stereocenters. The van der Waals surface area contributed by atoms with Crippen LogP contribution >= 0.6 is 0 Å². The van der Waals surface area contributed by atoms with Gasteiger partial charge in [-0.05, 0) is 0 Å². The summed E-state index contributed by atoms with van der Waals surface area (Å²) in [5.41, 5.74) is 0. The molecule has 7 amide bonds. The first-order chi connectivity index (χ1) is 18.5. The Labute approximate surface area is 238 Å². The van der Waals surface area contributed by atoms with E-state index in [0.29, 0.717) is 41.3 Å². The van der Waals surface area contributed by atoms with Crippen LogP contribution in [0.4, 0.5) is 0 Å². The van der Waals surface area contributed by atoms with Crippen LogP contribution in [-0.2, 0) is 43.1 Å². The first-order valence-electron chi connectivity index (χ1n) is 11.6. The quantitative estimate of drug-likeness (QED) is 0.0302. The van der Waals surface area contributed by atoms with Gasteiger partial charge in [-0.3, -0.25) is 14.4 Å². The van der Waals surface area contributed by atoms with E-state index in [9.17, 15) is 38.4 Å². The fourth-order valence-corrected chi connectivity index (χ4v) is 4.02. The van der Waals surface area contributed by atoms with Gasteiger partial charge in [0.25, 0.3) is 11.8 Å². The van der Waals surface area contributed by atoms with E-state index >= 15 is 0 Å². The summed E-state index contributed by atoms with van der Waals surface area (Å²) >= 11 is 0.553. The Morgan fingerprint density at radius 1 is 0.872 bits per heavy atom. The normalized spacial score (nSPS) is 13.8. The number of amides is 7. The van der Waals surface area contributed by atoms with Crippen molar-refractivity contribution in [3.8, 4) is 0 Å². The van der Waals surface area contributed by atoms with Gasteiger partial charge in [0.1, 0.15) is 0 Å². The smallest absolute Gasteiger partial charge is 0.480 e. The summed E-state index contributed by atoms with van der Waals surface area (Å²) in [6, 6.07) is -2.34. The van der Waals surface area contributed by atoms with Crippen LogP contribution in [0.15, 0.2) is 12.2 Å². The summed E-state index contributed by atoms with van der Waals surface area (Å²) in [4.78, 5) is 96.0. The molecule has 3 radical (unpaired) electrons. The molecule has 1 rings (SSSR count). The minimum atomic E-state index is -1.43. The summed E-state index contributed by atoms with van der Waals surface area (Å²) in [5, 5.41) is 22.9. The zero-order valence-electron chi connectivity index (χ0n) is 21.0. The molecule has 0 fully saturated rings. The Balaban J connectivity index is 2.50. The molecule has 0 aromatic heterocycles. The van der Waals surface area contributed by atoms with Gasteiger partial charge in [-0.2, -0.15) is 0 Å². The van der Waals surface area contributed by atoms with Crippen LogP contribution in [0.5, 0.6) is 0 Å². The molecule has 213 valence electrons. The monoisotopic (exact) mass is 748 g/mol. The number of carbonyl (C=O) groups excluding carboxylic acids is 7. The van der Waals surface area contributed by atoms with Crippen molar-refractivity contribution in [2.24, 2.45) is 0 Å². The van der Waals surface area contributed by atoms with Crippen molar-refractivity contribution in [3.05, 3.63) is 12.2 Å². The van der Waals surface area contributed by atoms with Gasteiger partial charge in [0.05, 0.1) is 6.54 Å². The van der Waals surface area contributed by atoms with Gasteiger partial charge >= 0.3 is 184 Å². The van der Waals surface area contributed by atoms with E-state index < -0.39 is 79.0 Å². The molecule has 1 heterocycles. The molecule has 1 aliphatic rings. The Kier molecular flexibility index (Phi) is 15.4. The van der Waals surface area contributed by atoms with Crippen LogP contribution in [0.2, 0.25) is 3.98 Å². The number of hydrogen-bond donors (Lipinski definition) is 7. The number of rotatable bonds is 18. The molecule has 0 bridgehead atoms. The molecular weight excluding hydrogens is 717 g/mol. The molecule has 0 saturated heterocycles. The fraction of sp³-hybridized carbons (Fsp3) is 0.524. The number of hydrogen-bond acceptors (Lipinski definition) is 10. The second-order valence-electron chi connectivity index (χ2n) is 7.69. The van der Waals surface area contributed by atoms with Crippen LogP contribution in [0, 0.1) is 0 Å². The fourth-order valence-electron chi connectivity index (χ4n) is 2.90. The Hall–Kier alpha value is -3.46. The minimum Gasteiger partial charge on any atom is -0.480 e. The van der Waals surface area contributed by atoms with Crippen molar-refractivity contribution in [1.82, 2.24) is 36.8 Å². The number of carbonyl (C=O) groups is 8. The van der Waals surface area contributed by atoms with Gasteiger partial charge in [0.15, 0.2) is 0 Å². The van der Waals surface area contributed by atoms with Gasteiger partial charge in [0, 0.05) is 12.2 Å². The Morgan fingerprint density at radius 3 is 2.00 bits per heavy atom. The molecule has 39 heavy (non-hydrogen) atoms. The second-order valence-corrected chi connectivity index (χ2v) is 9.28. The van der Waals surface area contributed by atoms with E-state index in [-0.39, 0.29) is 19.8 Å². The van der Waals surface area contributed by atoms with Gasteiger partial charge in [0.2, 0.25) is 0 Å². The third-order valence-corrected chi connectivity index (χ3v) is 6.38. The first kappa shape index (κ1) is 33.6. The van der Waals surface area contributed by atoms with E-state index in [4.69, 9.17) is 9.84 Å². The number of nitrogens with zero attached hydrogens (tertiary/aromatic N) is 1. The standard InChI is InChI=1S/C21H30N7O10.Pb/c1-3-38-11-26-15(30)8-24-20(36)12(2)27-16(31)9-23-14(29)7-25-21(37)13(6-22-10-19(34)35)28-17(32)4-5-18(28)33;/h4-5,12-13,22H,2-3,6-11H2,1H3,(H,23,29)(H,24,36)(H,25,37)(H,26,30)(H,27,31)(H,34,35);. The molecule has 0 aromatic carbocycles. The van der Waals surface area contributed by atoms with E-state index in [0.717, 1.165) is 12.2 Å². The van der Waals surface area contributed by atoms with Crippen molar-refractivity contribution in [2.75, 3.05) is 46.1 Å². The van der Waals surface area contributed by atoms with Crippen molar-refractivity contribution in [2.45, 2.75) is 23.0 Å². The van der Waals surface area contributed by atoms with Gasteiger partial charge in [-0.1, -0.05) is 0 Å². The number of carboxylic acid groups (broad SMARTS) is 1. The predicted molar refractivity (Wildman–Crippen MR) is 131 cm³/mol. The summed E-state index contributed by atoms with van der Waals surface area (Å²) in [6.45, 7) is -0.199. The SMILES string of the molecule is CCOCNC(=O)CNC(=O)C([CH2][Pb])NC(=O)CNC(=O)CNC(=O)C(CNCC(=O)O)N1C(=O)C=CC1=O.